The first kappa shape index (κ1) is 16.6. The van der Waals surface area contributed by atoms with Crippen LogP contribution in [0.5, 0.6) is 0 Å². The van der Waals surface area contributed by atoms with E-state index < -0.39 is 5.54 Å². The number of ether oxygens (including phenoxy) is 2. The van der Waals surface area contributed by atoms with Gasteiger partial charge >= 0.3 is 0 Å². The molecule has 1 aromatic carbocycles. The highest BCUT2D eigenvalue weighted by Gasteiger charge is 2.32. The molecule has 2 atom stereocenters. The number of nitrogens with one attached hydrogen (secondary N) is 1. The van der Waals surface area contributed by atoms with Gasteiger partial charge in [-0.05, 0) is 25.5 Å². The summed E-state index contributed by atoms with van der Waals surface area (Å²) in [5.41, 5.74) is 0.125. The first-order chi connectivity index (χ1) is 9.68. The third kappa shape index (κ3) is 4.61. The van der Waals surface area contributed by atoms with Gasteiger partial charge in [-0.3, -0.25) is 5.32 Å². The summed E-state index contributed by atoms with van der Waals surface area (Å²) in [6, 6.07) is 12.1. The Morgan fingerprint density at radius 1 is 1.35 bits per heavy atom. The van der Waals surface area contributed by atoms with Gasteiger partial charge in [0.2, 0.25) is 0 Å². The molecule has 0 bridgehead atoms. The van der Waals surface area contributed by atoms with Crippen LogP contribution in [0.15, 0.2) is 30.3 Å². The van der Waals surface area contributed by atoms with E-state index in [-0.39, 0.29) is 6.10 Å². The molecule has 0 aliphatic heterocycles. The number of benzene rings is 1. The first-order valence-corrected chi connectivity index (χ1v) is 7.01. The van der Waals surface area contributed by atoms with E-state index in [2.05, 4.69) is 18.3 Å². The SMILES string of the molecule is CCCNC(C#N)(COC(C)COC)c1ccccc1. The van der Waals surface area contributed by atoms with Crippen LogP contribution >= 0.6 is 0 Å². The lowest BCUT2D eigenvalue weighted by molar-refractivity contribution is -0.0111. The van der Waals surface area contributed by atoms with Crippen LogP contribution in [-0.4, -0.2) is 33.0 Å². The molecule has 0 aliphatic rings. The van der Waals surface area contributed by atoms with Gasteiger partial charge in [0.25, 0.3) is 0 Å². The number of rotatable bonds is 9. The second-order valence-corrected chi connectivity index (χ2v) is 4.89. The number of nitriles is 1. The summed E-state index contributed by atoms with van der Waals surface area (Å²) in [6.07, 6.45) is 0.920. The third-order valence-electron chi connectivity index (χ3n) is 3.12. The Hall–Kier alpha value is -1.41. The van der Waals surface area contributed by atoms with Crippen molar-refractivity contribution in [3.05, 3.63) is 35.9 Å². The molecule has 4 nitrogen and oxygen atoms in total. The molecule has 0 saturated heterocycles. The molecule has 110 valence electrons. The lowest BCUT2D eigenvalue weighted by atomic mass is 9.92. The highest BCUT2D eigenvalue weighted by molar-refractivity contribution is 5.31. The Bertz CT molecular complexity index is 416. The Kier molecular flexibility index (Phi) is 7.24. The Morgan fingerprint density at radius 2 is 2.05 bits per heavy atom. The zero-order chi connectivity index (χ0) is 14.8. The largest absolute Gasteiger partial charge is 0.382 e. The second-order valence-electron chi connectivity index (χ2n) is 4.89. The molecule has 1 N–H and O–H groups in total. The Labute approximate surface area is 121 Å². The fourth-order valence-corrected chi connectivity index (χ4v) is 1.98. The summed E-state index contributed by atoms with van der Waals surface area (Å²) in [6.45, 7) is 5.61. The summed E-state index contributed by atoms with van der Waals surface area (Å²) in [7, 11) is 1.64. The standard InChI is InChI=1S/C16H24N2O2/c1-4-10-18-16(12-17,13-20-14(2)11-19-3)15-8-6-5-7-9-15/h5-9,14,18H,4,10-11,13H2,1-3H3. The number of nitrogens with zero attached hydrogens (tertiary/aromatic N) is 1. The molecule has 0 spiro atoms. The Balaban J connectivity index is 2.86. The van der Waals surface area contributed by atoms with E-state index in [1.54, 1.807) is 7.11 Å². The van der Waals surface area contributed by atoms with Crippen molar-refractivity contribution >= 4 is 0 Å². The van der Waals surface area contributed by atoms with Gasteiger partial charge in [0.1, 0.15) is 0 Å². The zero-order valence-electron chi connectivity index (χ0n) is 12.6. The van der Waals surface area contributed by atoms with E-state index >= 15 is 0 Å². The van der Waals surface area contributed by atoms with E-state index in [9.17, 15) is 5.26 Å². The zero-order valence-corrected chi connectivity index (χ0v) is 12.6. The molecular weight excluding hydrogens is 252 g/mol. The fourth-order valence-electron chi connectivity index (χ4n) is 1.98. The van der Waals surface area contributed by atoms with Crippen LogP contribution in [0.3, 0.4) is 0 Å². The Morgan fingerprint density at radius 3 is 2.60 bits per heavy atom. The van der Waals surface area contributed by atoms with Gasteiger partial charge < -0.3 is 9.47 Å². The van der Waals surface area contributed by atoms with Gasteiger partial charge in [-0.1, -0.05) is 37.3 Å². The lowest BCUT2D eigenvalue weighted by Gasteiger charge is -2.29. The van der Waals surface area contributed by atoms with Crippen LogP contribution in [0.2, 0.25) is 0 Å². The van der Waals surface area contributed by atoms with Crippen LogP contribution in [0.1, 0.15) is 25.8 Å². The van der Waals surface area contributed by atoms with E-state index in [1.807, 2.05) is 37.3 Å². The van der Waals surface area contributed by atoms with Crippen molar-refractivity contribution in [2.75, 3.05) is 26.9 Å². The highest BCUT2D eigenvalue weighted by atomic mass is 16.5. The normalized spacial score (nSPS) is 15.3. The maximum atomic E-state index is 9.68. The summed E-state index contributed by atoms with van der Waals surface area (Å²) in [5, 5.41) is 13.0. The number of hydrogen-bond acceptors (Lipinski definition) is 4. The lowest BCUT2D eigenvalue weighted by Crippen LogP contribution is -2.46. The summed E-state index contributed by atoms with van der Waals surface area (Å²) >= 11 is 0. The van der Waals surface area contributed by atoms with E-state index in [0.29, 0.717) is 13.2 Å². The molecule has 0 fully saturated rings. The molecule has 0 heterocycles. The smallest absolute Gasteiger partial charge is 0.155 e. The maximum absolute atomic E-state index is 9.68. The van der Waals surface area contributed by atoms with Crippen LogP contribution in [0.25, 0.3) is 0 Å². The van der Waals surface area contributed by atoms with Crippen LogP contribution < -0.4 is 5.32 Å². The predicted octanol–water partition coefficient (Wildman–Crippen LogP) is 2.46. The van der Waals surface area contributed by atoms with Crippen molar-refractivity contribution in [3.63, 3.8) is 0 Å². The van der Waals surface area contributed by atoms with Crippen molar-refractivity contribution in [1.29, 1.82) is 5.26 Å². The molecule has 0 saturated carbocycles. The molecule has 0 aliphatic carbocycles. The number of hydrogen-bond donors (Lipinski definition) is 1. The molecular formula is C16H24N2O2. The third-order valence-corrected chi connectivity index (χ3v) is 3.12. The van der Waals surface area contributed by atoms with Gasteiger partial charge in [-0.15, -0.1) is 0 Å². The van der Waals surface area contributed by atoms with Crippen molar-refractivity contribution < 1.29 is 9.47 Å². The molecule has 0 aromatic heterocycles. The molecule has 0 radical (unpaired) electrons. The molecule has 1 rings (SSSR count). The maximum Gasteiger partial charge on any atom is 0.155 e. The quantitative estimate of drug-likeness (QED) is 0.752. The summed E-state index contributed by atoms with van der Waals surface area (Å²) in [4.78, 5) is 0. The minimum atomic E-state index is -0.806. The van der Waals surface area contributed by atoms with Crippen LogP contribution in [0.4, 0.5) is 0 Å². The predicted molar refractivity (Wildman–Crippen MR) is 79.3 cm³/mol. The van der Waals surface area contributed by atoms with Gasteiger partial charge in [-0.2, -0.15) is 5.26 Å². The van der Waals surface area contributed by atoms with Gasteiger partial charge in [-0.25, -0.2) is 0 Å². The van der Waals surface area contributed by atoms with Crippen molar-refractivity contribution in [3.8, 4) is 6.07 Å². The van der Waals surface area contributed by atoms with E-state index in [0.717, 1.165) is 18.5 Å². The topological polar surface area (TPSA) is 54.3 Å². The van der Waals surface area contributed by atoms with E-state index in [1.165, 1.54) is 0 Å². The molecule has 20 heavy (non-hydrogen) atoms. The highest BCUT2D eigenvalue weighted by Crippen LogP contribution is 2.21. The number of methoxy groups -OCH3 is 1. The molecule has 4 heteroatoms. The second kappa shape index (κ2) is 8.70. The minimum absolute atomic E-state index is 0.0418. The van der Waals surface area contributed by atoms with E-state index in [4.69, 9.17) is 9.47 Å². The van der Waals surface area contributed by atoms with Crippen molar-refractivity contribution in [2.45, 2.75) is 31.9 Å². The van der Waals surface area contributed by atoms with Gasteiger partial charge in [0, 0.05) is 7.11 Å². The van der Waals surface area contributed by atoms with Crippen LogP contribution in [-0.2, 0) is 15.0 Å². The average molecular weight is 276 g/mol. The molecule has 1 aromatic rings. The first-order valence-electron chi connectivity index (χ1n) is 7.01. The van der Waals surface area contributed by atoms with Crippen molar-refractivity contribution in [1.82, 2.24) is 5.32 Å². The van der Waals surface area contributed by atoms with Crippen LogP contribution in [0, 0.1) is 11.3 Å². The monoisotopic (exact) mass is 276 g/mol. The molecule has 2 unspecified atom stereocenters. The van der Waals surface area contributed by atoms with Gasteiger partial charge in [0.15, 0.2) is 5.54 Å². The summed E-state index contributed by atoms with van der Waals surface area (Å²) < 4.78 is 10.8. The fraction of sp³-hybridized carbons (Fsp3) is 0.562. The average Bonchev–Trinajstić information content (AvgIpc) is 2.49. The molecule has 0 amide bonds. The summed E-state index contributed by atoms with van der Waals surface area (Å²) in [5.74, 6) is 0. The van der Waals surface area contributed by atoms with Gasteiger partial charge in [0.05, 0.1) is 25.4 Å². The van der Waals surface area contributed by atoms with Crippen molar-refractivity contribution in [2.24, 2.45) is 0 Å². The minimum Gasteiger partial charge on any atom is -0.382 e.